The molecule has 1 N–H and O–H groups in total. The first-order chi connectivity index (χ1) is 9.16. The SMILES string of the molecule is O=C(O)CCC1CCCN1CCC(=O)c1cccs1. The van der Waals surface area contributed by atoms with Crippen LogP contribution in [0.5, 0.6) is 0 Å². The molecule has 1 atom stereocenters. The van der Waals surface area contributed by atoms with E-state index in [1.165, 1.54) is 11.3 Å². The van der Waals surface area contributed by atoms with Gasteiger partial charge in [0.05, 0.1) is 4.88 Å². The Kier molecular flexibility index (Phi) is 5.10. The Morgan fingerprint density at radius 3 is 2.95 bits per heavy atom. The number of hydrogen-bond donors (Lipinski definition) is 1. The van der Waals surface area contributed by atoms with E-state index < -0.39 is 5.97 Å². The first-order valence-corrected chi connectivity index (χ1v) is 7.57. The van der Waals surface area contributed by atoms with Gasteiger partial charge in [-0.25, -0.2) is 0 Å². The molecule has 1 fully saturated rings. The number of ketones is 1. The van der Waals surface area contributed by atoms with Gasteiger partial charge in [-0.1, -0.05) is 6.07 Å². The predicted octanol–water partition coefficient (Wildman–Crippen LogP) is 2.65. The number of nitrogens with zero attached hydrogens (tertiary/aromatic N) is 1. The summed E-state index contributed by atoms with van der Waals surface area (Å²) in [4.78, 5) is 25.6. The number of carboxylic acids is 1. The minimum atomic E-state index is -0.735. The summed E-state index contributed by atoms with van der Waals surface area (Å²) >= 11 is 1.48. The first-order valence-electron chi connectivity index (χ1n) is 6.69. The molecule has 5 heteroatoms. The van der Waals surface area contributed by atoms with Crippen LogP contribution in [0, 0.1) is 0 Å². The minimum absolute atomic E-state index is 0.193. The third-order valence-electron chi connectivity index (χ3n) is 3.61. The number of rotatable bonds is 7. The highest BCUT2D eigenvalue weighted by Crippen LogP contribution is 2.22. The van der Waals surface area contributed by atoms with Crippen molar-refractivity contribution in [2.45, 2.75) is 38.1 Å². The molecule has 0 bridgehead atoms. The molecule has 1 aromatic heterocycles. The second kappa shape index (κ2) is 6.82. The van der Waals surface area contributed by atoms with Crippen LogP contribution in [-0.2, 0) is 4.79 Å². The van der Waals surface area contributed by atoms with E-state index in [4.69, 9.17) is 5.11 Å². The van der Waals surface area contributed by atoms with E-state index in [2.05, 4.69) is 4.90 Å². The number of carbonyl (C=O) groups excluding carboxylic acids is 1. The number of carboxylic acid groups (broad SMARTS) is 1. The molecule has 0 radical (unpaired) electrons. The Morgan fingerprint density at radius 1 is 1.42 bits per heavy atom. The molecule has 1 aromatic rings. The van der Waals surface area contributed by atoms with Gasteiger partial charge in [-0.15, -0.1) is 11.3 Å². The smallest absolute Gasteiger partial charge is 0.303 e. The maximum atomic E-state index is 11.9. The van der Waals surface area contributed by atoms with E-state index >= 15 is 0 Å². The number of thiophene rings is 1. The lowest BCUT2D eigenvalue weighted by Gasteiger charge is -2.23. The quantitative estimate of drug-likeness (QED) is 0.781. The summed E-state index contributed by atoms with van der Waals surface area (Å²) in [7, 11) is 0. The van der Waals surface area contributed by atoms with Crippen molar-refractivity contribution in [3.05, 3.63) is 22.4 Å². The predicted molar refractivity (Wildman–Crippen MR) is 74.7 cm³/mol. The number of likely N-dealkylation sites (tertiary alicyclic amines) is 1. The number of hydrogen-bond acceptors (Lipinski definition) is 4. The Morgan fingerprint density at radius 2 is 2.26 bits per heavy atom. The highest BCUT2D eigenvalue weighted by molar-refractivity contribution is 7.12. The lowest BCUT2D eigenvalue weighted by atomic mass is 10.1. The van der Waals surface area contributed by atoms with Crippen LogP contribution in [-0.4, -0.2) is 40.9 Å². The van der Waals surface area contributed by atoms with Gasteiger partial charge in [0.1, 0.15) is 0 Å². The lowest BCUT2D eigenvalue weighted by molar-refractivity contribution is -0.137. The van der Waals surface area contributed by atoms with Crippen LogP contribution in [0.15, 0.2) is 17.5 Å². The fraction of sp³-hybridized carbons (Fsp3) is 0.571. The van der Waals surface area contributed by atoms with Crippen LogP contribution in [0.1, 0.15) is 41.8 Å². The molecule has 1 saturated heterocycles. The molecule has 104 valence electrons. The summed E-state index contributed by atoms with van der Waals surface area (Å²) in [5.74, 6) is -0.541. The van der Waals surface area contributed by atoms with Gasteiger partial charge in [-0.3, -0.25) is 14.5 Å². The number of Topliss-reactive ketones (excluding diaryl/α,β-unsaturated/α-hetero) is 1. The van der Waals surface area contributed by atoms with E-state index in [0.29, 0.717) is 18.9 Å². The zero-order chi connectivity index (χ0) is 13.7. The van der Waals surface area contributed by atoms with Crippen molar-refractivity contribution in [2.75, 3.05) is 13.1 Å². The fourth-order valence-electron chi connectivity index (χ4n) is 2.61. The van der Waals surface area contributed by atoms with Crippen molar-refractivity contribution in [1.29, 1.82) is 0 Å². The van der Waals surface area contributed by atoms with Crippen LogP contribution < -0.4 is 0 Å². The standard InChI is InChI=1S/C14H19NO3S/c16-12(13-4-2-10-19-13)7-9-15-8-1-3-11(15)5-6-14(17)18/h2,4,10-11H,1,3,5-9H2,(H,17,18). The summed E-state index contributed by atoms with van der Waals surface area (Å²) in [5.41, 5.74) is 0. The molecule has 2 heterocycles. The molecule has 1 aliphatic rings. The van der Waals surface area contributed by atoms with E-state index in [-0.39, 0.29) is 12.2 Å². The topological polar surface area (TPSA) is 57.6 Å². The maximum Gasteiger partial charge on any atom is 0.303 e. The van der Waals surface area contributed by atoms with Crippen molar-refractivity contribution in [2.24, 2.45) is 0 Å². The average Bonchev–Trinajstić information content (AvgIpc) is 3.04. The second-order valence-corrected chi connectivity index (χ2v) is 5.86. The normalized spacial score (nSPS) is 19.7. The van der Waals surface area contributed by atoms with Crippen molar-refractivity contribution >= 4 is 23.1 Å². The largest absolute Gasteiger partial charge is 0.481 e. The molecule has 0 aliphatic carbocycles. The minimum Gasteiger partial charge on any atom is -0.481 e. The van der Waals surface area contributed by atoms with E-state index in [1.807, 2.05) is 17.5 Å². The summed E-state index contributed by atoms with van der Waals surface area (Å²) in [6.45, 7) is 1.74. The van der Waals surface area contributed by atoms with Crippen LogP contribution in [0.3, 0.4) is 0 Å². The highest BCUT2D eigenvalue weighted by atomic mass is 32.1. The monoisotopic (exact) mass is 281 g/mol. The molecule has 0 aromatic carbocycles. The zero-order valence-electron chi connectivity index (χ0n) is 10.9. The van der Waals surface area contributed by atoms with Crippen LogP contribution in [0.25, 0.3) is 0 Å². The average molecular weight is 281 g/mol. The van der Waals surface area contributed by atoms with Crippen molar-refractivity contribution in [3.63, 3.8) is 0 Å². The molecule has 19 heavy (non-hydrogen) atoms. The fourth-order valence-corrected chi connectivity index (χ4v) is 3.31. The van der Waals surface area contributed by atoms with E-state index in [9.17, 15) is 9.59 Å². The molecular formula is C14H19NO3S. The molecule has 0 amide bonds. The van der Waals surface area contributed by atoms with E-state index in [1.54, 1.807) is 0 Å². The summed E-state index contributed by atoms with van der Waals surface area (Å²) in [5, 5.41) is 10.6. The van der Waals surface area contributed by atoms with Crippen LogP contribution in [0.4, 0.5) is 0 Å². The molecule has 2 rings (SSSR count). The van der Waals surface area contributed by atoms with Crippen LogP contribution >= 0.6 is 11.3 Å². The zero-order valence-corrected chi connectivity index (χ0v) is 11.7. The molecule has 4 nitrogen and oxygen atoms in total. The molecule has 1 unspecified atom stereocenters. The summed E-state index contributed by atoms with van der Waals surface area (Å²) < 4.78 is 0. The summed E-state index contributed by atoms with van der Waals surface area (Å²) in [6, 6.07) is 4.09. The van der Waals surface area contributed by atoms with Gasteiger partial charge in [-0.05, 0) is 37.3 Å². The second-order valence-electron chi connectivity index (χ2n) is 4.91. The first kappa shape index (κ1) is 14.2. The third-order valence-corrected chi connectivity index (χ3v) is 4.52. The van der Waals surface area contributed by atoms with Gasteiger partial charge in [0.15, 0.2) is 5.78 Å². The van der Waals surface area contributed by atoms with Gasteiger partial charge in [0, 0.05) is 25.4 Å². The van der Waals surface area contributed by atoms with Crippen molar-refractivity contribution in [1.82, 2.24) is 4.90 Å². The van der Waals surface area contributed by atoms with Crippen molar-refractivity contribution < 1.29 is 14.7 Å². The lowest BCUT2D eigenvalue weighted by Crippen LogP contribution is -2.31. The van der Waals surface area contributed by atoms with Crippen LogP contribution in [0.2, 0.25) is 0 Å². The van der Waals surface area contributed by atoms with E-state index in [0.717, 1.165) is 30.8 Å². The Balaban J connectivity index is 1.78. The number of carbonyl (C=O) groups is 2. The van der Waals surface area contributed by atoms with Gasteiger partial charge in [-0.2, -0.15) is 0 Å². The van der Waals surface area contributed by atoms with Gasteiger partial charge < -0.3 is 5.11 Å². The maximum absolute atomic E-state index is 11.9. The third kappa shape index (κ3) is 4.14. The summed E-state index contributed by atoms with van der Waals surface area (Å²) in [6.07, 6.45) is 3.62. The Labute approximate surface area is 117 Å². The molecule has 0 spiro atoms. The van der Waals surface area contributed by atoms with Gasteiger partial charge >= 0.3 is 5.97 Å². The Bertz CT molecular complexity index is 430. The Hall–Kier alpha value is -1.20. The molecular weight excluding hydrogens is 262 g/mol. The van der Waals surface area contributed by atoms with Gasteiger partial charge in [0.2, 0.25) is 0 Å². The number of aliphatic carboxylic acids is 1. The molecule has 0 saturated carbocycles. The van der Waals surface area contributed by atoms with Crippen molar-refractivity contribution in [3.8, 4) is 0 Å². The molecule has 1 aliphatic heterocycles. The van der Waals surface area contributed by atoms with Gasteiger partial charge in [0.25, 0.3) is 0 Å². The highest BCUT2D eigenvalue weighted by Gasteiger charge is 2.25.